The Labute approximate surface area is 50.1 Å². The van der Waals surface area contributed by atoms with E-state index in [-0.39, 0.29) is 6.01 Å². The van der Waals surface area contributed by atoms with Crippen molar-refractivity contribution in [1.82, 2.24) is 9.97 Å². The molecule has 4 nitrogen and oxygen atoms in total. The largest absolute Gasteiger partial charge is 0.356 e. The summed E-state index contributed by atoms with van der Waals surface area (Å²) in [6.07, 6.45) is 2.81. The minimum absolute atomic E-state index is 0.153. The molecule has 1 rings (SSSR count). The molecular formula is C4H3FN2O2. The van der Waals surface area contributed by atoms with Crippen molar-refractivity contribution < 1.29 is 14.5 Å². The van der Waals surface area contributed by atoms with Gasteiger partial charge < -0.3 is 0 Å². The molecule has 0 aliphatic rings. The zero-order valence-electron chi connectivity index (χ0n) is 4.32. The Bertz CT molecular complexity index is 169. The first-order chi connectivity index (χ1) is 4.43. The number of halogens is 1. The highest BCUT2D eigenvalue weighted by Crippen LogP contribution is 1.96. The van der Waals surface area contributed by atoms with E-state index in [2.05, 4.69) is 19.9 Å². The Morgan fingerprint density at radius 1 is 1.33 bits per heavy atom. The summed E-state index contributed by atoms with van der Waals surface area (Å²) >= 11 is 0. The molecule has 0 aliphatic heterocycles. The molecule has 0 amide bonds. The van der Waals surface area contributed by atoms with Crippen LogP contribution in [0.25, 0.3) is 0 Å². The quantitative estimate of drug-likeness (QED) is 0.436. The van der Waals surface area contributed by atoms with Crippen molar-refractivity contribution in [1.29, 1.82) is 0 Å². The van der Waals surface area contributed by atoms with Crippen LogP contribution in [0.3, 0.4) is 0 Å². The van der Waals surface area contributed by atoms with Gasteiger partial charge in [0.2, 0.25) is 0 Å². The third-order valence-electron chi connectivity index (χ3n) is 0.648. The van der Waals surface area contributed by atoms with E-state index >= 15 is 0 Å². The molecule has 1 aromatic heterocycles. The molecule has 0 N–H and O–H groups in total. The molecule has 0 fully saturated rings. The molecule has 9 heavy (non-hydrogen) atoms. The lowest BCUT2D eigenvalue weighted by Crippen LogP contribution is -1.91. The summed E-state index contributed by atoms with van der Waals surface area (Å²) < 4.78 is 10.9. The molecular weight excluding hydrogens is 127 g/mol. The molecule has 5 heteroatoms. The molecule has 1 aromatic rings. The second-order valence-electron chi connectivity index (χ2n) is 1.18. The number of hydrogen-bond acceptors (Lipinski definition) is 4. The van der Waals surface area contributed by atoms with Crippen LogP contribution in [0.15, 0.2) is 18.5 Å². The summed E-state index contributed by atoms with van der Waals surface area (Å²) in [7, 11) is 0. The van der Waals surface area contributed by atoms with E-state index in [9.17, 15) is 4.53 Å². The summed E-state index contributed by atoms with van der Waals surface area (Å²) in [5.74, 6) is 0. The van der Waals surface area contributed by atoms with Crippen molar-refractivity contribution in [2.45, 2.75) is 0 Å². The summed E-state index contributed by atoms with van der Waals surface area (Å²) in [4.78, 5) is 10.8. The number of aromatic nitrogens is 2. The fraction of sp³-hybridized carbons (Fsp3) is 0. The second-order valence-corrected chi connectivity index (χ2v) is 1.18. The normalized spacial score (nSPS) is 9.00. The van der Waals surface area contributed by atoms with Crippen molar-refractivity contribution in [2.75, 3.05) is 0 Å². The van der Waals surface area contributed by atoms with Gasteiger partial charge >= 0.3 is 6.01 Å². The van der Waals surface area contributed by atoms with Crippen molar-refractivity contribution in [3.05, 3.63) is 18.5 Å². The molecule has 0 bridgehead atoms. The fourth-order valence-electron chi connectivity index (χ4n) is 0.357. The van der Waals surface area contributed by atoms with Crippen LogP contribution in [-0.4, -0.2) is 9.97 Å². The van der Waals surface area contributed by atoms with Crippen molar-refractivity contribution in [3.8, 4) is 6.01 Å². The van der Waals surface area contributed by atoms with E-state index in [4.69, 9.17) is 0 Å². The number of nitrogens with zero attached hydrogens (tertiary/aromatic N) is 2. The summed E-state index contributed by atoms with van der Waals surface area (Å²) in [5, 5.41) is 2.80. The Hall–Kier alpha value is -1.23. The summed E-state index contributed by atoms with van der Waals surface area (Å²) in [6.45, 7) is 0. The van der Waals surface area contributed by atoms with Crippen LogP contribution < -0.4 is 4.89 Å². The molecule has 0 aromatic carbocycles. The number of hydrogen-bond donors (Lipinski definition) is 0. The maximum Gasteiger partial charge on any atom is 0.356 e. The highest BCUT2D eigenvalue weighted by Gasteiger charge is 1.92. The molecule has 0 aliphatic carbocycles. The van der Waals surface area contributed by atoms with Gasteiger partial charge in [-0.3, -0.25) is 4.89 Å². The lowest BCUT2D eigenvalue weighted by molar-refractivity contribution is -0.371. The van der Waals surface area contributed by atoms with Gasteiger partial charge in [0, 0.05) is 17.5 Å². The second kappa shape index (κ2) is 2.93. The van der Waals surface area contributed by atoms with Gasteiger partial charge in [-0.1, -0.05) is 0 Å². The lowest BCUT2D eigenvalue weighted by Gasteiger charge is -1.89. The standard InChI is InChI=1S/C4H3FN2O2/c5-9-8-4-6-2-1-3-7-4/h1-3H. The molecule has 0 unspecified atom stereocenters. The van der Waals surface area contributed by atoms with Gasteiger partial charge in [0.05, 0.1) is 0 Å². The lowest BCUT2D eigenvalue weighted by atomic mass is 10.7. The predicted molar refractivity (Wildman–Crippen MR) is 24.9 cm³/mol. The average Bonchev–Trinajstić information content (AvgIpc) is 1.91. The SMILES string of the molecule is FOOc1ncccn1. The zero-order valence-corrected chi connectivity index (χ0v) is 4.32. The average molecular weight is 130 g/mol. The van der Waals surface area contributed by atoms with Crippen molar-refractivity contribution in [3.63, 3.8) is 0 Å². The van der Waals surface area contributed by atoms with Crippen LogP contribution in [0.4, 0.5) is 4.53 Å². The molecule has 48 valence electrons. The predicted octanol–water partition coefficient (Wildman–Crippen LogP) is 0.671. The topological polar surface area (TPSA) is 44.2 Å². The van der Waals surface area contributed by atoms with Crippen LogP contribution in [0.5, 0.6) is 6.01 Å². The highest BCUT2D eigenvalue weighted by atomic mass is 19.3. The van der Waals surface area contributed by atoms with Gasteiger partial charge in [-0.2, -0.15) is 0 Å². The first-order valence-corrected chi connectivity index (χ1v) is 2.16. The van der Waals surface area contributed by atoms with E-state index in [0.29, 0.717) is 0 Å². The minimum Gasteiger partial charge on any atom is -0.261 e. The van der Waals surface area contributed by atoms with Crippen molar-refractivity contribution in [2.24, 2.45) is 0 Å². The Kier molecular flexibility index (Phi) is 1.92. The van der Waals surface area contributed by atoms with Crippen LogP contribution in [0.2, 0.25) is 0 Å². The minimum atomic E-state index is -0.153. The Morgan fingerprint density at radius 3 is 2.56 bits per heavy atom. The highest BCUT2D eigenvalue weighted by molar-refractivity contribution is 4.91. The maximum atomic E-state index is 10.9. The van der Waals surface area contributed by atoms with Gasteiger partial charge in [0.25, 0.3) is 0 Å². The summed E-state index contributed by atoms with van der Waals surface area (Å²) in [6, 6.07) is 1.42. The maximum absolute atomic E-state index is 10.9. The summed E-state index contributed by atoms with van der Waals surface area (Å²) in [5.41, 5.74) is 0. The molecule has 0 atom stereocenters. The Balaban J connectivity index is 2.61. The van der Waals surface area contributed by atoms with E-state index in [1.165, 1.54) is 12.4 Å². The molecule has 0 saturated heterocycles. The molecule has 1 heterocycles. The van der Waals surface area contributed by atoms with Crippen LogP contribution >= 0.6 is 0 Å². The number of rotatable bonds is 2. The van der Waals surface area contributed by atoms with Crippen LogP contribution in [0.1, 0.15) is 0 Å². The first kappa shape index (κ1) is 5.90. The van der Waals surface area contributed by atoms with Gasteiger partial charge in [-0.15, -0.1) is 0 Å². The van der Waals surface area contributed by atoms with Crippen LogP contribution in [0, 0.1) is 0 Å². The first-order valence-electron chi connectivity index (χ1n) is 2.16. The van der Waals surface area contributed by atoms with Gasteiger partial charge in [0.1, 0.15) is 0 Å². The third kappa shape index (κ3) is 1.61. The Morgan fingerprint density at radius 2 is 2.00 bits per heavy atom. The van der Waals surface area contributed by atoms with Gasteiger partial charge in [0.15, 0.2) is 0 Å². The molecule has 0 radical (unpaired) electrons. The van der Waals surface area contributed by atoms with E-state index < -0.39 is 0 Å². The molecule has 0 spiro atoms. The van der Waals surface area contributed by atoms with E-state index in [1.807, 2.05) is 0 Å². The smallest absolute Gasteiger partial charge is 0.261 e. The zero-order chi connectivity index (χ0) is 6.53. The molecule has 0 saturated carbocycles. The van der Waals surface area contributed by atoms with E-state index in [0.717, 1.165) is 0 Å². The third-order valence-corrected chi connectivity index (χ3v) is 0.648. The fourth-order valence-corrected chi connectivity index (χ4v) is 0.357. The monoisotopic (exact) mass is 130 g/mol. The van der Waals surface area contributed by atoms with Gasteiger partial charge in [-0.05, 0) is 10.6 Å². The van der Waals surface area contributed by atoms with E-state index in [1.54, 1.807) is 6.07 Å². The van der Waals surface area contributed by atoms with Crippen molar-refractivity contribution >= 4 is 0 Å². The van der Waals surface area contributed by atoms with Crippen LogP contribution in [-0.2, 0) is 5.09 Å². The van der Waals surface area contributed by atoms with Gasteiger partial charge in [-0.25, -0.2) is 9.97 Å².